The van der Waals surface area contributed by atoms with Gasteiger partial charge in [-0.1, -0.05) is 11.6 Å². The number of pyridine rings is 1. The molecule has 1 aliphatic rings. The van der Waals surface area contributed by atoms with Crippen LogP contribution in [0.3, 0.4) is 0 Å². The predicted octanol–water partition coefficient (Wildman–Crippen LogP) is 2.33. The van der Waals surface area contributed by atoms with Gasteiger partial charge in [-0.15, -0.1) is 11.3 Å². The number of ether oxygens (including phenoxy) is 1. The first-order valence-corrected chi connectivity index (χ1v) is 12.0. The average molecular weight is 462 g/mol. The Hall–Kier alpha value is -1.66. The molecule has 0 aromatic carbocycles. The van der Waals surface area contributed by atoms with E-state index in [9.17, 15) is 18.0 Å². The standard InChI is InChI=1S/C16H16ClN3O5S3/c17-11-1-2-13(18-9-11)19-14(21)10-25-16(22)15-12(3-6-27-15)28(23,24)20-4-7-26-8-5-20/h1-3,6,9H,4-5,7-8,10H2,(H,18,19,21). The number of anilines is 1. The zero-order valence-electron chi connectivity index (χ0n) is 14.5. The number of nitrogens with one attached hydrogen (secondary N) is 1. The fraction of sp³-hybridized carbons (Fsp3) is 0.312. The summed E-state index contributed by atoms with van der Waals surface area (Å²) in [7, 11) is -3.78. The molecule has 0 unspecified atom stereocenters. The van der Waals surface area contributed by atoms with Gasteiger partial charge in [0.25, 0.3) is 5.91 Å². The molecule has 0 saturated carbocycles. The zero-order chi connectivity index (χ0) is 20.1. The summed E-state index contributed by atoms with van der Waals surface area (Å²) in [6.07, 6.45) is 1.37. The van der Waals surface area contributed by atoms with E-state index >= 15 is 0 Å². The van der Waals surface area contributed by atoms with Crippen LogP contribution in [0.25, 0.3) is 0 Å². The monoisotopic (exact) mass is 461 g/mol. The summed E-state index contributed by atoms with van der Waals surface area (Å²) < 4.78 is 31.9. The second-order valence-corrected chi connectivity index (χ2v) is 10.1. The van der Waals surface area contributed by atoms with Crippen LogP contribution in [0.2, 0.25) is 5.02 Å². The van der Waals surface area contributed by atoms with Crippen LogP contribution in [0.5, 0.6) is 0 Å². The Morgan fingerprint density at radius 2 is 2.00 bits per heavy atom. The van der Waals surface area contributed by atoms with Gasteiger partial charge in [-0.3, -0.25) is 4.79 Å². The van der Waals surface area contributed by atoms with Crippen LogP contribution in [0.1, 0.15) is 9.67 Å². The highest BCUT2D eigenvalue weighted by Crippen LogP contribution is 2.27. The van der Waals surface area contributed by atoms with Crippen molar-refractivity contribution in [2.75, 3.05) is 36.5 Å². The summed E-state index contributed by atoms with van der Waals surface area (Å²) in [4.78, 5) is 28.0. The molecule has 8 nitrogen and oxygen atoms in total. The number of carbonyl (C=O) groups is 2. The molecule has 1 aliphatic heterocycles. The number of hydrogen-bond acceptors (Lipinski definition) is 8. The summed E-state index contributed by atoms with van der Waals surface area (Å²) in [6.45, 7) is 0.225. The van der Waals surface area contributed by atoms with Crippen LogP contribution < -0.4 is 5.32 Å². The average Bonchev–Trinajstić information content (AvgIpc) is 3.19. The third-order valence-electron chi connectivity index (χ3n) is 3.73. The lowest BCUT2D eigenvalue weighted by Gasteiger charge is -2.25. The summed E-state index contributed by atoms with van der Waals surface area (Å²) in [5.74, 6) is 0.216. The van der Waals surface area contributed by atoms with E-state index in [1.807, 2.05) is 0 Å². The van der Waals surface area contributed by atoms with E-state index in [1.54, 1.807) is 17.8 Å². The van der Waals surface area contributed by atoms with Crippen molar-refractivity contribution in [3.63, 3.8) is 0 Å². The summed E-state index contributed by atoms with van der Waals surface area (Å²) >= 11 is 8.36. The van der Waals surface area contributed by atoms with Crippen LogP contribution in [0.15, 0.2) is 34.7 Å². The van der Waals surface area contributed by atoms with Crippen LogP contribution in [0.4, 0.5) is 5.82 Å². The predicted molar refractivity (Wildman–Crippen MR) is 109 cm³/mol. The molecule has 1 fully saturated rings. The number of carbonyl (C=O) groups excluding carboxylic acids is 2. The summed E-state index contributed by atoms with van der Waals surface area (Å²) in [5.41, 5.74) is 0. The van der Waals surface area contributed by atoms with Gasteiger partial charge in [-0.05, 0) is 23.6 Å². The second kappa shape index (κ2) is 9.23. The third kappa shape index (κ3) is 5.03. The maximum Gasteiger partial charge on any atom is 0.350 e. The van der Waals surface area contributed by atoms with Crippen LogP contribution in [-0.4, -0.2) is 60.8 Å². The maximum atomic E-state index is 12.8. The van der Waals surface area contributed by atoms with Crippen LogP contribution in [-0.2, 0) is 19.6 Å². The Labute approximate surface area is 175 Å². The molecule has 1 N–H and O–H groups in total. The molecule has 2 aromatic rings. The molecular formula is C16H16ClN3O5S3. The van der Waals surface area contributed by atoms with Crippen molar-refractivity contribution in [1.29, 1.82) is 0 Å². The molecule has 0 spiro atoms. The molecule has 3 rings (SSSR count). The van der Waals surface area contributed by atoms with Gasteiger partial charge in [-0.2, -0.15) is 16.1 Å². The van der Waals surface area contributed by atoms with Gasteiger partial charge < -0.3 is 10.1 Å². The number of nitrogens with zero attached hydrogens (tertiary/aromatic N) is 2. The van der Waals surface area contributed by atoms with E-state index in [1.165, 1.54) is 28.0 Å². The molecule has 3 heterocycles. The number of thioether (sulfide) groups is 1. The number of hydrogen-bond donors (Lipinski definition) is 1. The van der Waals surface area contributed by atoms with Crippen molar-refractivity contribution in [2.24, 2.45) is 0 Å². The number of sulfonamides is 1. The van der Waals surface area contributed by atoms with Crippen molar-refractivity contribution < 1.29 is 22.7 Å². The van der Waals surface area contributed by atoms with Crippen LogP contribution >= 0.6 is 34.7 Å². The number of halogens is 1. The zero-order valence-corrected chi connectivity index (χ0v) is 17.7. The Morgan fingerprint density at radius 1 is 1.25 bits per heavy atom. The largest absolute Gasteiger partial charge is 0.451 e. The van der Waals surface area contributed by atoms with E-state index < -0.39 is 28.5 Å². The molecule has 0 atom stereocenters. The normalized spacial score (nSPS) is 15.2. The third-order valence-corrected chi connectivity index (χ3v) is 7.86. The number of thiophene rings is 1. The van der Waals surface area contributed by atoms with Gasteiger partial charge in [-0.25, -0.2) is 18.2 Å². The quantitative estimate of drug-likeness (QED) is 0.658. The van der Waals surface area contributed by atoms with E-state index in [0.29, 0.717) is 29.6 Å². The van der Waals surface area contributed by atoms with E-state index in [-0.39, 0.29) is 15.6 Å². The topological polar surface area (TPSA) is 106 Å². The molecule has 150 valence electrons. The first-order chi connectivity index (χ1) is 13.4. The van der Waals surface area contributed by atoms with Crippen molar-refractivity contribution in [3.8, 4) is 0 Å². The fourth-order valence-corrected chi connectivity index (χ4v) is 6.37. The molecule has 28 heavy (non-hydrogen) atoms. The summed E-state index contributed by atoms with van der Waals surface area (Å²) in [5, 5.41) is 4.39. The van der Waals surface area contributed by atoms with Gasteiger partial charge in [0, 0.05) is 30.8 Å². The number of rotatable bonds is 6. The fourth-order valence-electron chi connectivity index (χ4n) is 2.40. The van der Waals surface area contributed by atoms with Crippen molar-refractivity contribution >= 4 is 62.4 Å². The van der Waals surface area contributed by atoms with E-state index in [0.717, 1.165) is 11.3 Å². The summed E-state index contributed by atoms with van der Waals surface area (Å²) in [6, 6.07) is 4.44. The van der Waals surface area contributed by atoms with Gasteiger partial charge in [0.1, 0.15) is 15.6 Å². The number of amides is 1. The van der Waals surface area contributed by atoms with Crippen molar-refractivity contribution in [2.45, 2.75) is 4.90 Å². The minimum Gasteiger partial charge on any atom is -0.451 e. The lowest BCUT2D eigenvalue weighted by molar-refractivity contribution is -0.119. The van der Waals surface area contributed by atoms with E-state index in [4.69, 9.17) is 16.3 Å². The van der Waals surface area contributed by atoms with Crippen molar-refractivity contribution in [3.05, 3.63) is 39.7 Å². The lowest BCUT2D eigenvalue weighted by atomic mass is 10.4. The highest BCUT2D eigenvalue weighted by atomic mass is 35.5. The molecule has 2 aromatic heterocycles. The number of aromatic nitrogens is 1. The Kier molecular flexibility index (Phi) is 6.94. The maximum absolute atomic E-state index is 12.8. The number of esters is 1. The van der Waals surface area contributed by atoms with Gasteiger partial charge in [0.15, 0.2) is 6.61 Å². The second-order valence-electron chi connectivity index (χ2n) is 5.62. The lowest BCUT2D eigenvalue weighted by Crippen LogP contribution is -2.38. The molecule has 0 radical (unpaired) electrons. The Balaban J connectivity index is 1.63. The minimum absolute atomic E-state index is 0.0457. The Bertz CT molecular complexity index is 956. The van der Waals surface area contributed by atoms with E-state index in [2.05, 4.69) is 10.3 Å². The van der Waals surface area contributed by atoms with Crippen molar-refractivity contribution in [1.82, 2.24) is 9.29 Å². The first-order valence-electron chi connectivity index (χ1n) is 8.12. The molecular weight excluding hydrogens is 446 g/mol. The highest BCUT2D eigenvalue weighted by Gasteiger charge is 2.31. The van der Waals surface area contributed by atoms with Gasteiger partial charge in [0.2, 0.25) is 10.0 Å². The highest BCUT2D eigenvalue weighted by molar-refractivity contribution is 7.99. The molecule has 12 heteroatoms. The SMILES string of the molecule is O=C(COC(=O)c1sccc1S(=O)(=O)N1CCSCC1)Nc1ccc(Cl)cn1. The van der Waals surface area contributed by atoms with Gasteiger partial charge in [0.05, 0.1) is 5.02 Å². The molecule has 1 saturated heterocycles. The molecule has 0 aliphatic carbocycles. The first kappa shape index (κ1) is 21.1. The minimum atomic E-state index is -3.78. The van der Waals surface area contributed by atoms with Gasteiger partial charge >= 0.3 is 5.97 Å². The molecule has 1 amide bonds. The molecule has 0 bridgehead atoms. The Morgan fingerprint density at radius 3 is 2.68 bits per heavy atom. The van der Waals surface area contributed by atoms with Crippen LogP contribution in [0, 0.1) is 0 Å². The smallest absolute Gasteiger partial charge is 0.350 e.